The van der Waals surface area contributed by atoms with Crippen molar-refractivity contribution in [2.75, 3.05) is 26.4 Å². The van der Waals surface area contributed by atoms with Gasteiger partial charge in [-0.05, 0) is 51.7 Å². The van der Waals surface area contributed by atoms with E-state index in [0.29, 0.717) is 19.8 Å². The van der Waals surface area contributed by atoms with Crippen LogP contribution in [0.25, 0.3) is 0 Å². The van der Waals surface area contributed by atoms with Crippen molar-refractivity contribution in [2.45, 2.75) is 78.6 Å². The second kappa shape index (κ2) is 10.2. The molecule has 0 aromatic rings. The van der Waals surface area contributed by atoms with Crippen LogP contribution in [0.2, 0.25) is 24.2 Å². The highest BCUT2D eigenvalue weighted by Crippen LogP contribution is 2.36. The maximum absolute atomic E-state index is 6.22. The van der Waals surface area contributed by atoms with Gasteiger partial charge in [-0.1, -0.05) is 20.8 Å². The van der Waals surface area contributed by atoms with Crippen LogP contribution in [0.15, 0.2) is 0 Å². The fourth-order valence-electron chi connectivity index (χ4n) is 1.99. The van der Waals surface area contributed by atoms with Crippen molar-refractivity contribution >= 4 is 17.1 Å². The van der Waals surface area contributed by atoms with Gasteiger partial charge in [-0.25, -0.2) is 0 Å². The van der Waals surface area contributed by atoms with Gasteiger partial charge in [-0.2, -0.15) is 0 Å². The van der Waals surface area contributed by atoms with Gasteiger partial charge < -0.3 is 17.7 Å². The Hall–Kier alpha value is 0.274. The molecule has 0 aromatic heterocycles. The predicted octanol–water partition coefficient (Wildman–Crippen LogP) is 4.84. The Bertz CT molecular complexity index is 273. The van der Waals surface area contributed by atoms with Crippen LogP contribution in [0.4, 0.5) is 0 Å². The molecule has 0 heterocycles. The van der Waals surface area contributed by atoms with Gasteiger partial charge in [-0.3, -0.25) is 0 Å². The average Bonchev–Trinajstić information content (AvgIpc) is 2.37. The van der Waals surface area contributed by atoms with Gasteiger partial charge in [0.2, 0.25) is 0 Å². The number of hydrogen-bond acceptors (Lipinski definition) is 4. The zero-order chi connectivity index (χ0) is 17.3. The molecule has 22 heavy (non-hydrogen) atoms. The second-order valence-corrected chi connectivity index (χ2v) is 14.6. The molecule has 0 aliphatic heterocycles. The number of hydrogen-bond donors (Lipinski definition) is 0. The minimum atomic E-state index is -2.47. The molecule has 0 aliphatic rings. The van der Waals surface area contributed by atoms with Gasteiger partial charge >= 0.3 is 8.80 Å². The normalized spacial score (nSPS) is 13.6. The molecule has 0 fully saturated rings. The van der Waals surface area contributed by atoms with Crippen LogP contribution in [-0.4, -0.2) is 43.5 Å². The Balaban J connectivity index is 4.28. The van der Waals surface area contributed by atoms with E-state index in [0.717, 1.165) is 25.5 Å². The van der Waals surface area contributed by atoms with E-state index in [4.69, 9.17) is 17.7 Å². The SMILES string of the molecule is CCO[Si](CCCCO[Si](C)(C)C(C)(C)C)(OCC)OCC. The van der Waals surface area contributed by atoms with E-state index in [1.807, 2.05) is 20.8 Å². The van der Waals surface area contributed by atoms with E-state index in [1.165, 1.54) is 0 Å². The third-order valence-corrected chi connectivity index (χ3v) is 11.9. The minimum absolute atomic E-state index is 0.271. The third kappa shape index (κ3) is 7.70. The van der Waals surface area contributed by atoms with Crippen LogP contribution in [0.1, 0.15) is 54.4 Å². The first kappa shape index (κ1) is 22.3. The highest BCUT2D eigenvalue weighted by atomic mass is 28.4. The van der Waals surface area contributed by atoms with E-state index in [9.17, 15) is 0 Å². The Morgan fingerprint density at radius 2 is 1.18 bits per heavy atom. The molecule has 0 saturated carbocycles. The van der Waals surface area contributed by atoms with Crippen LogP contribution in [0.5, 0.6) is 0 Å². The van der Waals surface area contributed by atoms with Crippen molar-refractivity contribution in [3.63, 3.8) is 0 Å². The molecular formula is C16H38O4Si2. The highest BCUT2D eigenvalue weighted by molar-refractivity contribution is 6.74. The molecule has 4 nitrogen and oxygen atoms in total. The van der Waals surface area contributed by atoms with E-state index < -0.39 is 17.1 Å². The predicted molar refractivity (Wildman–Crippen MR) is 97.8 cm³/mol. The molecule has 0 N–H and O–H groups in total. The molecule has 0 bridgehead atoms. The third-order valence-electron chi connectivity index (χ3n) is 4.24. The molecule has 0 radical (unpaired) electrons. The standard InChI is InChI=1S/C16H38O4Si2/c1-9-17-22(18-10-2,19-11-3)15-13-12-14-20-21(7,8)16(4,5)6/h9-15H2,1-8H3. The lowest BCUT2D eigenvalue weighted by Gasteiger charge is -2.36. The van der Waals surface area contributed by atoms with E-state index in [-0.39, 0.29) is 5.04 Å². The van der Waals surface area contributed by atoms with Crippen LogP contribution >= 0.6 is 0 Å². The lowest BCUT2D eigenvalue weighted by Crippen LogP contribution is -2.46. The molecule has 6 heteroatoms. The summed E-state index contributed by atoms with van der Waals surface area (Å²) in [6, 6.07) is 0.878. The smallest absolute Gasteiger partial charge is 0.417 e. The van der Waals surface area contributed by atoms with Gasteiger partial charge in [0, 0.05) is 32.5 Å². The molecule has 0 aliphatic carbocycles. The van der Waals surface area contributed by atoms with Crippen molar-refractivity contribution in [1.82, 2.24) is 0 Å². The summed E-state index contributed by atoms with van der Waals surface area (Å²) in [7, 11) is -4.10. The fourth-order valence-corrected chi connectivity index (χ4v) is 5.76. The fraction of sp³-hybridized carbons (Fsp3) is 1.00. The quantitative estimate of drug-likeness (QED) is 0.373. The summed E-state index contributed by atoms with van der Waals surface area (Å²) in [6.45, 7) is 20.2. The molecule has 0 saturated heterocycles. The Morgan fingerprint density at radius 3 is 1.55 bits per heavy atom. The summed E-state index contributed by atoms with van der Waals surface area (Å²) in [4.78, 5) is 0. The Kier molecular flexibility index (Phi) is 10.3. The van der Waals surface area contributed by atoms with Crippen molar-refractivity contribution in [2.24, 2.45) is 0 Å². The molecule has 0 rings (SSSR count). The van der Waals surface area contributed by atoms with Gasteiger partial charge in [0.05, 0.1) is 0 Å². The zero-order valence-electron chi connectivity index (χ0n) is 16.1. The maximum Gasteiger partial charge on any atom is 0.500 e. The van der Waals surface area contributed by atoms with Crippen LogP contribution in [-0.2, 0) is 17.7 Å². The maximum atomic E-state index is 6.22. The number of unbranched alkanes of at least 4 members (excludes halogenated alkanes) is 1. The summed E-state index contributed by atoms with van der Waals surface area (Å²) < 4.78 is 23.8. The van der Waals surface area contributed by atoms with Gasteiger partial charge in [0.15, 0.2) is 8.32 Å². The molecule has 0 atom stereocenters. The van der Waals surface area contributed by atoms with Crippen molar-refractivity contribution in [1.29, 1.82) is 0 Å². The van der Waals surface area contributed by atoms with E-state index >= 15 is 0 Å². The molecule has 0 aromatic carbocycles. The van der Waals surface area contributed by atoms with Crippen LogP contribution in [0, 0.1) is 0 Å². The lowest BCUT2D eigenvalue weighted by atomic mass is 10.2. The van der Waals surface area contributed by atoms with Crippen molar-refractivity contribution < 1.29 is 17.7 Å². The van der Waals surface area contributed by atoms with Gasteiger partial charge in [0.1, 0.15) is 0 Å². The first-order valence-electron chi connectivity index (χ1n) is 8.70. The van der Waals surface area contributed by atoms with Gasteiger partial charge in [0.25, 0.3) is 0 Å². The largest absolute Gasteiger partial charge is 0.500 e. The topological polar surface area (TPSA) is 36.9 Å². The molecular weight excluding hydrogens is 312 g/mol. The van der Waals surface area contributed by atoms with Crippen molar-refractivity contribution in [3.8, 4) is 0 Å². The molecule has 0 amide bonds. The summed E-state index contributed by atoms with van der Waals surface area (Å²) in [5.74, 6) is 0. The first-order valence-corrected chi connectivity index (χ1v) is 13.5. The summed E-state index contributed by atoms with van der Waals surface area (Å²) in [6.07, 6.45) is 2.06. The van der Waals surface area contributed by atoms with E-state index in [2.05, 4.69) is 33.9 Å². The van der Waals surface area contributed by atoms with Crippen molar-refractivity contribution in [3.05, 3.63) is 0 Å². The summed E-state index contributed by atoms with van der Waals surface area (Å²) in [5, 5.41) is 0.271. The second-order valence-electron chi connectivity index (χ2n) is 7.05. The Morgan fingerprint density at radius 1 is 0.727 bits per heavy atom. The summed E-state index contributed by atoms with van der Waals surface area (Å²) >= 11 is 0. The van der Waals surface area contributed by atoms with E-state index in [1.54, 1.807) is 0 Å². The van der Waals surface area contributed by atoms with Gasteiger partial charge in [-0.15, -0.1) is 0 Å². The molecule has 134 valence electrons. The average molecular weight is 351 g/mol. The van der Waals surface area contributed by atoms with Crippen LogP contribution < -0.4 is 0 Å². The molecule has 0 unspecified atom stereocenters. The molecule has 0 spiro atoms. The first-order chi connectivity index (χ1) is 10.1. The summed E-state index contributed by atoms with van der Waals surface area (Å²) in [5.41, 5.74) is 0. The number of rotatable bonds is 12. The van der Waals surface area contributed by atoms with Crippen LogP contribution in [0.3, 0.4) is 0 Å². The monoisotopic (exact) mass is 350 g/mol. The Labute approximate surface area is 140 Å². The zero-order valence-corrected chi connectivity index (χ0v) is 18.1. The minimum Gasteiger partial charge on any atom is -0.417 e. The lowest BCUT2D eigenvalue weighted by molar-refractivity contribution is 0.0704. The highest BCUT2D eigenvalue weighted by Gasteiger charge is 2.40.